The number of phosphoric acid groups is 1. The fraction of sp³-hybridized carbons (Fsp3) is 0.794. The molecule has 0 saturated carbocycles. The van der Waals surface area contributed by atoms with Crippen molar-refractivity contribution in [3.8, 4) is 0 Å². The van der Waals surface area contributed by atoms with E-state index in [0.29, 0.717) is 24.1 Å². The van der Waals surface area contributed by atoms with Crippen molar-refractivity contribution in [3.05, 3.63) is 36.5 Å². The van der Waals surface area contributed by atoms with Crippen LogP contribution in [0.25, 0.3) is 0 Å². The van der Waals surface area contributed by atoms with Gasteiger partial charge in [0.2, 0.25) is 0 Å². The summed E-state index contributed by atoms with van der Waals surface area (Å²) >= 11 is 0. The third-order valence-corrected chi connectivity index (χ3v) is 7.67. The summed E-state index contributed by atoms with van der Waals surface area (Å²) in [6.45, 7) is 5.08. The molecule has 0 aliphatic heterocycles. The molecule has 9 heteroatoms. The van der Waals surface area contributed by atoms with E-state index >= 15 is 0 Å². The van der Waals surface area contributed by atoms with Crippen LogP contribution in [-0.2, 0) is 27.9 Å². The number of likely N-dealkylation sites (N-methyl/N-ethyl adjacent to an activating group) is 1. The third-order valence-electron chi connectivity index (χ3n) is 6.71. The summed E-state index contributed by atoms with van der Waals surface area (Å²) in [5.41, 5.74) is 0. The molecule has 2 atom stereocenters. The predicted octanol–water partition coefficient (Wildman–Crippen LogP) is 8.07. The molecule has 43 heavy (non-hydrogen) atoms. The Kier molecular flexibility index (Phi) is 27.4. The van der Waals surface area contributed by atoms with Crippen LogP contribution in [0.1, 0.15) is 117 Å². The number of phosphoric ester groups is 1. The van der Waals surface area contributed by atoms with Crippen molar-refractivity contribution < 1.29 is 37.3 Å². The second-order valence-electron chi connectivity index (χ2n) is 12.1. The van der Waals surface area contributed by atoms with E-state index in [-0.39, 0.29) is 25.8 Å². The molecular weight excluding hydrogens is 565 g/mol. The van der Waals surface area contributed by atoms with Gasteiger partial charge in [-0.15, -0.1) is 0 Å². The number of carbonyl (C=O) groups is 1. The minimum absolute atomic E-state index is 0.0232. The lowest BCUT2D eigenvalue weighted by Gasteiger charge is -2.28. The minimum atomic E-state index is -4.50. The van der Waals surface area contributed by atoms with Crippen molar-refractivity contribution in [1.29, 1.82) is 0 Å². The monoisotopic (exact) mass is 629 g/mol. The van der Waals surface area contributed by atoms with Crippen LogP contribution in [0.5, 0.6) is 0 Å². The quantitative estimate of drug-likeness (QED) is 0.0261. The Labute approximate surface area is 264 Å². The first-order valence-corrected chi connectivity index (χ1v) is 18.2. The van der Waals surface area contributed by atoms with E-state index < -0.39 is 13.9 Å². The average molecular weight is 630 g/mol. The molecule has 0 heterocycles. The summed E-state index contributed by atoms with van der Waals surface area (Å²) in [7, 11) is 1.34. The van der Waals surface area contributed by atoms with Crippen LogP contribution in [-0.4, -0.2) is 70.7 Å². The molecule has 0 N–H and O–H groups in total. The second kappa shape index (κ2) is 28.2. The Hall–Kier alpha value is -1.28. The summed E-state index contributed by atoms with van der Waals surface area (Å²) < 4.78 is 33.9. The van der Waals surface area contributed by atoms with Gasteiger partial charge in [0.15, 0.2) is 0 Å². The van der Waals surface area contributed by atoms with Gasteiger partial charge in [-0.3, -0.25) is 9.36 Å². The molecule has 2 unspecified atom stereocenters. The first kappa shape index (κ1) is 41.7. The fourth-order valence-electron chi connectivity index (χ4n) is 4.09. The van der Waals surface area contributed by atoms with Gasteiger partial charge in [0, 0.05) is 13.0 Å². The maximum Gasteiger partial charge on any atom is 0.306 e. The van der Waals surface area contributed by atoms with Gasteiger partial charge in [0.05, 0.1) is 34.4 Å². The van der Waals surface area contributed by atoms with E-state index in [1.54, 1.807) is 0 Å². The smallest absolute Gasteiger partial charge is 0.306 e. The normalized spacial score (nSPS) is 14.7. The van der Waals surface area contributed by atoms with Crippen molar-refractivity contribution in [3.63, 3.8) is 0 Å². The van der Waals surface area contributed by atoms with E-state index in [2.05, 4.69) is 50.3 Å². The van der Waals surface area contributed by atoms with Crippen LogP contribution in [0, 0.1) is 0 Å². The van der Waals surface area contributed by atoms with E-state index in [4.69, 9.17) is 18.5 Å². The van der Waals surface area contributed by atoms with Gasteiger partial charge in [-0.1, -0.05) is 102 Å². The van der Waals surface area contributed by atoms with Crippen LogP contribution in [0.3, 0.4) is 0 Å². The van der Waals surface area contributed by atoms with Crippen LogP contribution >= 0.6 is 7.82 Å². The van der Waals surface area contributed by atoms with E-state index in [1.807, 2.05) is 21.1 Å². The largest absolute Gasteiger partial charge is 0.756 e. The zero-order chi connectivity index (χ0) is 32.1. The summed E-state index contributed by atoms with van der Waals surface area (Å²) in [6.07, 6.45) is 29.4. The fourth-order valence-corrected chi connectivity index (χ4v) is 4.82. The Morgan fingerprint density at radius 2 is 1.35 bits per heavy atom. The van der Waals surface area contributed by atoms with Gasteiger partial charge in [-0.2, -0.15) is 0 Å². The standard InChI is InChI=1S/C34H64NO7P/c1-6-8-10-11-12-13-14-15-16-17-18-19-20-21-22-23-24-26-29-39-31-33(42-34(36)27-25-9-7-2)32-41-43(37,38)40-30-28-35(3,4)5/h8,10,12-13,15-16,33H,6-7,9,11,14,17-32H2,1-5H3/b10-8-,13-12-,16-15-. The zero-order valence-corrected chi connectivity index (χ0v) is 29.0. The molecule has 0 fully saturated rings. The third kappa shape index (κ3) is 31.9. The van der Waals surface area contributed by atoms with E-state index in [9.17, 15) is 14.3 Å². The van der Waals surface area contributed by atoms with Crippen molar-refractivity contribution in [2.75, 3.05) is 54.1 Å². The van der Waals surface area contributed by atoms with Crippen molar-refractivity contribution >= 4 is 13.8 Å². The van der Waals surface area contributed by atoms with Crippen LogP contribution in [0.4, 0.5) is 0 Å². The number of rotatable bonds is 30. The topological polar surface area (TPSA) is 94.1 Å². The molecule has 0 radical (unpaired) electrons. The molecule has 0 spiro atoms. The molecule has 0 aromatic rings. The van der Waals surface area contributed by atoms with Crippen molar-refractivity contribution in [2.24, 2.45) is 0 Å². The molecule has 0 saturated heterocycles. The number of unbranched alkanes of at least 4 members (excludes halogenated alkanes) is 10. The molecule has 0 aromatic carbocycles. The van der Waals surface area contributed by atoms with Gasteiger partial charge >= 0.3 is 5.97 Å². The average Bonchev–Trinajstić information content (AvgIpc) is 2.94. The predicted molar refractivity (Wildman–Crippen MR) is 176 cm³/mol. The lowest BCUT2D eigenvalue weighted by molar-refractivity contribution is -0.870. The van der Waals surface area contributed by atoms with Gasteiger partial charge in [-0.05, 0) is 44.9 Å². The van der Waals surface area contributed by atoms with Gasteiger partial charge in [-0.25, -0.2) is 0 Å². The Balaban J connectivity index is 4.05. The minimum Gasteiger partial charge on any atom is -0.756 e. The van der Waals surface area contributed by atoms with Crippen LogP contribution < -0.4 is 4.89 Å². The highest BCUT2D eigenvalue weighted by Crippen LogP contribution is 2.38. The summed E-state index contributed by atoms with van der Waals surface area (Å²) in [5.74, 6) is -0.364. The number of quaternary nitrogens is 1. The lowest BCUT2D eigenvalue weighted by atomic mass is 10.1. The first-order chi connectivity index (χ1) is 20.6. The van der Waals surface area contributed by atoms with E-state index in [0.717, 1.165) is 57.8 Å². The molecule has 8 nitrogen and oxygen atoms in total. The molecule has 252 valence electrons. The molecule has 0 aliphatic rings. The lowest BCUT2D eigenvalue weighted by Crippen LogP contribution is -2.37. The number of carbonyl (C=O) groups excluding carboxylic acids is 1. The maximum atomic E-state index is 12.2. The number of hydrogen-bond donors (Lipinski definition) is 0. The van der Waals surface area contributed by atoms with Crippen molar-refractivity contribution in [1.82, 2.24) is 0 Å². The van der Waals surface area contributed by atoms with Crippen molar-refractivity contribution in [2.45, 2.75) is 123 Å². The summed E-state index contributed by atoms with van der Waals surface area (Å²) in [5, 5.41) is 0. The maximum absolute atomic E-state index is 12.2. The molecule has 0 amide bonds. The van der Waals surface area contributed by atoms with E-state index in [1.165, 1.54) is 38.5 Å². The molecule has 0 aromatic heterocycles. The molecule has 0 rings (SSSR count). The van der Waals surface area contributed by atoms with Gasteiger partial charge in [0.25, 0.3) is 7.82 Å². The van der Waals surface area contributed by atoms with Crippen LogP contribution in [0.2, 0.25) is 0 Å². The zero-order valence-electron chi connectivity index (χ0n) is 28.1. The number of ether oxygens (including phenoxy) is 2. The Morgan fingerprint density at radius 3 is 1.98 bits per heavy atom. The number of hydrogen-bond acceptors (Lipinski definition) is 7. The summed E-state index contributed by atoms with van der Waals surface area (Å²) in [4.78, 5) is 24.4. The molecule has 0 bridgehead atoms. The number of esters is 1. The highest BCUT2D eigenvalue weighted by molar-refractivity contribution is 7.45. The highest BCUT2D eigenvalue weighted by Gasteiger charge is 2.20. The SMILES string of the molecule is CC/C=C\C/C=C\C/C=C\CCCCCCCCCCOCC(COP(=O)([O-])OCC[N+](C)(C)C)OC(=O)CCCCC. The number of allylic oxidation sites excluding steroid dienone is 6. The molecule has 0 aliphatic carbocycles. The Bertz CT molecular complexity index is 792. The van der Waals surface area contributed by atoms with Gasteiger partial charge < -0.3 is 27.9 Å². The first-order valence-electron chi connectivity index (χ1n) is 16.7. The summed E-state index contributed by atoms with van der Waals surface area (Å²) in [6, 6.07) is 0. The second-order valence-corrected chi connectivity index (χ2v) is 13.6. The Morgan fingerprint density at radius 1 is 0.744 bits per heavy atom. The number of nitrogens with zero attached hydrogens (tertiary/aromatic N) is 1. The van der Waals surface area contributed by atoms with Gasteiger partial charge in [0.1, 0.15) is 19.3 Å². The highest BCUT2D eigenvalue weighted by atomic mass is 31.2. The van der Waals surface area contributed by atoms with Crippen LogP contribution in [0.15, 0.2) is 36.5 Å². The molecular formula is C34H64NO7P.